The molecular weight excluding hydrogens is 344 g/mol. The number of unbranched alkanes of at least 4 members (excludes halogenated alkanes) is 10. The lowest BCUT2D eigenvalue weighted by molar-refractivity contribution is -0.0924. The van der Waals surface area contributed by atoms with E-state index in [2.05, 4.69) is 19.1 Å². The highest BCUT2D eigenvalue weighted by Gasteiger charge is 2.40. The van der Waals surface area contributed by atoms with Crippen LogP contribution in [0.4, 0.5) is 0 Å². The molecule has 27 heavy (non-hydrogen) atoms. The second-order valence-electron chi connectivity index (χ2n) is 7.68. The largest absolute Gasteiger partial charge is 0.394 e. The minimum atomic E-state index is -1.01. The number of aliphatic hydroxyl groups excluding tert-OH is 3. The Balaban J connectivity index is 1.93. The van der Waals surface area contributed by atoms with Crippen molar-refractivity contribution in [1.29, 1.82) is 0 Å². The van der Waals surface area contributed by atoms with Gasteiger partial charge in [0.15, 0.2) is 0 Å². The fraction of sp³-hybridized carbons (Fsp3) is 0.909. The molecular formula is C22H42O5. The van der Waals surface area contributed by atoms with Gasteiger partial charge in [0.25, 0.3) is 0 Å². The van der Waals surface area contributed by atoms with E-state index in [4.69, 9.17) is 14.6 Å². The molecule has 0 aliphatic carbocycles. The first-order valence-corrected chi connectivity index (χ1v) is 11.1. The Bertz CT molecular complexity index is 361. The predicted molar refractivity (Wildman–Crippen MR) is 109 cm³/mol. The maximum absolute atomic E-state index is 9.86. The third-order valence-electron chi connectivity index (χ3n) is 5.21. The summed E-state index contributed by atoms with van der Waals surface area (Å²) in [5.74, 6) is 0. The summed E-state index contributed by atoms with van der Waals surface area (Å²) in [4.78, 5) is 0. The summed E-state index contributed by atoms with van der Waals surface area (Å²) < 4.78 is 11.0. The topological polar surface area (TPSA) is 79.2 Å². The van der Waals surface area contributed by atoms with Crippen molar-refractivity contribution in [1.82, 2.24) is 0 Å². The second kappa shape index (κ2) is 16.5. The fourth-order valence-corrected chi connectivity index (χ4v) is 3.52. The smallest absolute Gasteiger partial charge is 0.114 e. The van der Waals surface area contributed by atoms with Crippen molar-refractivity contribution in [3.05, 3.63) is 12.2 Å². The number of hydrogen-bond donors (Lipinski definition) is 3. The molecule has 0 spiro atoms. The van der Waals surface area contributed by atoms with Crippen LogP contribution in [0, 0.1) is 0 Å². The van der Waals surface area contributed by atoms with Gasteiger partial charge in [-0.1, -0.05) is 76.9 Å². The fourth-order valence-electron chi connectivity index (χ4n) is 3.52. The van der Waals surface area contributed by atoms with Gasteiger partial charge in [-0.25, -0.2) is 0 Å². The van der Waals surface area contributed by atoms with Crippen molar-refractivity contribution in [3.63, 3.8) is 0 Å². The van der Waals surface area contributed by atoms with Gasteiger partial charge < -0.3 is 24.8 Å². The Morgan fingerprint density at radius 1 is 0.963 bits per heavy atom. The summed E-state index contributed by atoms with van der Waals surface area (Å²) in [6.45, 7) is 2.49. The van der Waals surface area contributed by atoms with Crippen LogP contribution in [0.2, 0.25) is 0 Å². The Kier molecular flexibility index (Phi) is 15.0. The summed E-state index contributed by atoms with van der Waals surface area (Å²) >= 11 is 0. The summed E-state index contributed by atoms with van der Waals surface area (Å²) in [6, 6.07) is 0. The zero-order chi connectivity index (χ0) is 19.7. The van der Waals surface area contributed by atoms with Crippen molar-refractivity contribution < 1.29 is 24.8 Å². The minimum absolute atomic E-state index is 0.140. The predicted octanol–water partition coefficient (Wildman–Crippen LogP) is 3.74. The van der Waals surface area contributed by atoms with E-state index in [1.54, 1.807) is 0 Å². The lowest BCUT2D eigenvalue weighted by Crippen LogP contribution is -2.42. The molecule has 0 unspecified atom stereocenters. The number of aliphatic hydroxyl groups is 3. The molecule has 1 aliphatic heterocycles. The molecule has 5 heteroatoms. The summed E-state index contributed by atoms with van der Waals surface area (Å²) in [5.41, 5.74) is 0. The molecule has 160 valence electrons. The molecule has 1 aliphatic rings. The van der Waals surface area contributed by atoms with Gasteiger partial charge in [-0.15, -0.1) is 0 Å². The average Bonchev–Trinajstić information content (AvgIpc) is 3.04. The highest BCUT2D eigenvalue weighted by atomic mass is 16.6. The highest BCUT2D eigenvalue weighted by Crippen LogP contribution is 2.21. The van der Waals surface area contributed by atoms with E-state index in [9.17, 15) is 10.2 Å². The first-order valence-electron chi connectivity index (χ1n) is 11.1. The average molecular weight is 387 g/mol. The summed E-state index contributed by atoms with van der Waals surface area (Å²) in [5, 5.41) is 28.6. The Morgan fingerprint density at radius 3 is 2.19 bits per heavy atom. The van der Waals surface area contributed by atoms with E-state index in [-0.39, 0.29) is 6.61 Å². The van der Waals surface area contributed by atoms with Gasteiger partial charge in [0.1, 0.15) is 24.4 Å². The monoisotopic (exact) mass is 386 g/mol. The van der Waals surface area contributed by atoms with Crippen LogP contribution in [0.3, 0.4) is 0 Å². The van der Waals surface area contributed by atoms with Crippen LogP contribution in [-0.2, 0) is 9.47 Å². The molecule has 1 saturated heterocycles. The van der Waals surface area contributed by atoms with E-state index in [0.717, 1.165) is 12.8 Å². The molecule has 3 N–H and O–H groups in total. The summed E-state index contributed by atoms with van der Waals surface area (Å²) in [6.07, 6.45) is 16.8. The van der Waals surface area contributed by atoms with Gasteiger partial charge in [-0.05, 0) is 19.3 Å². The van der Waals surface area contributed by atoms with Crippen molar-refractivity contribution in [3.8, 4) is 0 Å². The van der Waals surface area contributed by atoms with Gasteiger partial charge in [0.05, 0.1) is 19.8 Å². The maximum Gasteiger partial charge on any atom is 0.114 e. The van der Waals surface area contributed by atoms with Crippen molar-refractivity contribution in [2.24, 2.45) is 0 Å². The normalized spacial score (nSPS) is 24.1. The number of hydrogen-bond acceptors (Lipinski definition) is 5. The van der Waals surface area contributed by atoms with Crippen LogP contribution >= 0.6 is 0 Å². The van der Waals surface area contributed by atoms with Gasteiger partial charge >= 0.3 is 0 Å². The first-order chi connectivity index (χ1) is 13.2. The molecule has 0 radical (unpaired) electrons. The van der Waals surface area contributed by atoms with Gasteiger partial charge in [-0.2, -0.15) is 0 Å². The van der Waals surface area contributed by atoms with Crippen molar-refractivity contribution in [2.45, 2.75) is 108 Å². The van der Waals surface area contributed by atoms with E-state index >= 15 is 0 Å². The Morgan fingerprint density at radius 2 is 1.56 bits per heavy atom. The molecule has 5 nitrogen and oxygen atoms in total. The van der Waals surface area contributed by atoms with Crippen molar-refractivity contribution >= 4 is 0 Å². The highest BCUT2D eigenvalue weighted by molar-refractivity contribution is 4.89. The quantitative estimate of drug-likeness (QED) is 0.262. The minimum Gasteiger partial charge on any atom is -0.394 e. The van der Waals surface area contributed by atoms with Crippen LogP contribution in [0.15, 0.2) is 12.2 Å². The Labute approximate surface area is 165 Å². The van der Waals surface area contributed by atoms with E-state index in [0.29, 0.717) is 6.61 Å². The number of rotatable bonds is 17. The van der Waals surface area contributed by atoms with E-state index in [1.165, 1.54) is 64.2 Å². The van der Waals surface area contributed by atoms with Crippen molar-refractivity contribution in [2.75, 3.05) is 19.8 Å². The molecule has 0 bridgehead atoms. The molecule has 1 rings (SSSR count). The molecule has 0 aromatic rings. The number of allylic oxidation sites excluding steroid dienone is 1. The molecule has 0 amide bonds. The third-order valence-corrected chi connectivity index (χ3v) is 5.21. The summed E-state index contributed by atoms with van der Waals surface area (Å²) in [7, 11) is 0. The van der Waals surface area contributed by atoms with E-state index in [1.807, 2.05) is 0 Å². The zero-order valence-corrected chi connectivity index (χ0v) is 17.2. The van der Waals surface area contributed by atoms with Crippen LogP contribution in [-0.4, -0.2) is 59.6 Å². The van der Waals surface area contributed by atoms with E-state index < -0.39 is 31.0 Å². The molecule has 0 aromatic carbocycles. The standard InChI is InChI=1S/C22H42O5/c1-2-3-4-5-6-7-8-9-10-11-12-13-14-15-16-26-22-20(25)18-27-21(22)19(24)17-23/h13-14,19-25H,2-12,15-18H2,1H3/b14-13+/t19-,20+,21+,22+/m0/s1. The van der Waals surface area contributed by atoms with Crippen LogP contribution in [0.5, 0.6) is 0 Å². The lowest BCUT2D eigenvalue weighted by Gasteiger charge is -2.23. The zero-order valence-electron chi connectivity index (χ0n) is 17.2. The molecule has 0 saturated carbocycles. The Hall–Kier alpha value is -0.460. The van der Waals surface area contributed by atoms with Gasteiger partial charge in [0.2, 0.25) is 0 Å². The van der Waals surface area contributed by atoms with Gasteiger partial charge in [-0.3, -0.25) is 0 Å². The van der Waals surface area contributed by atoms with Gasteiger partial charge in [0, 0.05) is 0 Å². The molecule has 4 atom stereocenters. The van der Waals surface area contributed by atoms with Crippen LogP contribution < -0.4 is 0 Å². The SMILES string of the molecule is CCCCCCCCCCCC/C=C/CCO[C@H]1[C@@H]([C@@H](O)CO)OC[C@H]1O. The molecule has 1 fully saturated rings. The second-order valence-corrected chi connectivity index (χ2v) is 7.68. The molecule has 1 heterocycles. The van der Waals surface area contributed by atoms with Crippen LogP contribution in [0.25, 0.3) is 0 Å². The number of ether oxygens (including phenoxy) is 2. The molecule has 0 aromatic heterocycles. The van der Waals surface area contributed by atoms with Crippen LogP contribution in [0.1, 0.15) is 84.0 Å². The lowest BCUT2D eigenvalue weighted by atomic mass is 10.1. The maximum atomic E-state index is 9.86. The first kappa shape index (κ1) is 24.6. The third kappa shape index (κ3) is 11.2.